The summed E-state index contributed by atoms with van der Waals surface area (Å²) in [6.07, 6.45) is 0. The first-order valence-corrected chi connectivity index (χ1v) is 40.2. The summed E-state index contributed by atoms with van der Waals surface area (Å²) in [5.74, 6) is 0. The van der Waals surface area contributed by atoms with Crippen LogP contribution >= 0.6 is 15.9 Å². The Morgan fingerprint density at radius 3 is 0.675 bits per heavy atom. The average molecular weight is 1540 g/mol. The fourth-order valence-corrected chi connectivity index (χ4v) is 18.0. The third-order valence-electron chi connectivity index (χ3n) is 24.0. The molecule has 0 bridgehead atoms. The zero-order chi connectivity index (χ0) is 77.2. The van der Waals surface area contributed by atoms with Crippen LogP contribution in [0, 0.1) is 0 Å². The van der Waals surface area contributed by atoms with E-state index in [2.05, 4.69) is 467 Å². The van der Waals surface area contributed by atoms with Gasteiger partial charge in [0.05, 0.1) is 34.1 Å². The minimum absolute atomic E-state index is 0. The highest BCUT2D eigenvalue weighted by molar-refractivity contribution is 9.10. The van der Waals surface area contributed by atoms with Gasteiger partial charge in [0.15, 0.2) is 0 Å². The van der Waals surface area contributed by atoms with Crippen LogP contribution in [-0.4, -0.2) is 0 Å². The van der Waals surface area contributed by atoms with Crippen molar-refractivity contribution in [3.8, 4) is 66.8 Å². The van der Waals surface area contributed by atoms with E-state index in [-0.39, 0.29) is 29.1 Å². The molecule has 0 unspecified atom stereocenters. The van der Waals surface area contributed by atoms with E-state index in [4.69, 9.17) is 0 Å². The van der Waals surface area contributed by atoms with Crippen LogP contribution in [0.2, 0.25) is 0 Å². The van der Waals surface area contributed by atoms with Crippen LogP contribution in [0.15, 0.2) is 393 Å². The summed E-state index contributed by atoms with van der Waals surface area (Å²) >= 11 is 3.59. The van der Waals surface area contributed by atoms with E-state index < -0.39 is 0 Å². The van der Waals surface area contributed by atoms with Gasteiger partial charge >= 0.3 is 0 Å². The number of anilines is 11. The summed E-state index contributed by atoms with van der Waals surface area (Å²) in [6.45, 7) is 19.1. The summed E-state index contributed by atoms with van der Waals surface area (Å²) in [4.78, 5) is 7.40. The monoisotopic (exact) mass is 1540 g/mol. The maximum atomic E-state index is 3.59. The molecule has 114 heavy (non-hydrogen) atoms. The smallest absolute Gasteiger partial charge is 0.0544 e. The first-order chi connectivity index (χ1) is 55.0. The fourth-order valence-electron chi connectivity index (χ4n) is 17.8. The molecule has 0 aromatic heterocycles. The number of nitrogens with zero attached hydrogens (tertiary/aromatic N) is 3. The Kier molecular flexibility index (Phi) is 19.5. The molecule has 0 spiro atoms. The largest absolute Gasteiger partial charge is 0.356 e. The van der Waals surface area contributed by atoms with Gasteiger partial charge in [-0.3, -0.25) is 0 Å². The van der Waals surface area contributed by atoms with E-state index in [1.54, 1.807) is 0 Å². The van der Waals surface area contributed by atoms with Crippen molar-refractivity contribution in [1.29, 1.82) is 0 Å². The Labute approximate surface area is 682 Å². The number of hydrogen-bond donors (Lipinski definition) is 1. The van der Waals surface area contributed by atoms with Crippen LogP contribution in [0.25, 0.3) is 66.8 Å². The van der Waals surface area contributed by atoms with Gasteiger partial charge in [-0.1, -0.05) is 346 Å². The normalized spacial score (nSPS) is 14.0. The summed E-state index contributed by atoms with van der Waals surface area (Å²) < 4.78 is 1.11. The molecular weight excluding hydrogens is 1450 g/mol. The van der Waals surface area contributed by atoms with Gasteiger partial charge in [-0.2, -0.15) is 0 Å². The van der Waals surface area contributed by atoms with Gasteiger partial charge in [-0.05, 0) is 233 Å². The van der Waals surface area contributed by atoms with Gasteiger partial charge in [0.25, 0.3) is 0 Å². The number of rotatable bonds is 11. The third kappa shape index (κ3) is 13.4. The molecule has 4 nitrogen and oxygen atoms in total. The van der Waals surface area contributed by atoms with E-state index >= 15 is 0 Å². The second-order valence-electron chi connectivity index (χ2n) is 32.3. The van der Waals surface area contributed by atoms with Crippen molar-refractivity contribution >= 4 is 78.5 Å². The van der Waals surface area contributed by atoms with Gasteiger partial charge < -0.3 is 20.0 Å². The van der Waals surface area contributed by atoms with Gasteiger partial charge in [0.2, 0.25) is 0 Å². The quantitative estimate of drug-likeness (QED) is 0.139. The van der Waals surface area contributed by atoms with E-state index in [0.717, 1.165) is 32.9 Å². The number of halogens is 1. The van der Waals surface area contributed by atoms with Gasteiger partial charge in [0.1, 0.15) is 0 Å². The third-order valence-corrected chi connectivity index (χ3v) is 24.5. The second kappa shape index (κ2) is 30.0. The number of para-hydroxylation sites is 4. The van der Waals surface area contributed by atoms with Gasteiger partial charge in [-0.25, -0.2) is 0 Å². The molecule has 5 heteroatoms. The molecule has 0 saturated heterocycles. The van der Waals surface area contributed by atoms with E-state index in [9.17, 15) is 0 Å². The Morgan fingerprint density at radius 1 is 0.219 bits per heavy atom. The highest BCUT2D eigenvalue weighted by Gasteiger charge is 2.48. The highest BCUT2D eigenvalue weighted by Crippen LogP contribution is 2.63. The minimum Gasteiger partial charge on any atom is -0.356 e. The number of fused-ring (bicyclic) bond motifs is 8. The van der Waals surface area contributed by atoms with Crippen molar-refractivity contribution in [3.63, 3.8) is 0 Å². The van der Waals surface area contributed by atoms with E-state index in [0.29, 0.717) is 0 Å². The summed E-state index contributed by atoms with van der Waals surface area (Å²) in [5, 5.41) is 3.46. The molecular formula is C109H93BrN4. The van der Waals surface area contributed by atoms with Crippen LogP contribution < -0.4 is 20.0 Å². The summed E-state index contributed by atoms with van der Waals surface area (Å²) in [5.41, 5.74) is 38.6. The molecule has 0 radical (unpaired) electrons. The first kappa shape index (κ1) is 74.0. The maximum absolute atomic E-state index is 3.59. The number of hydrogen-bond acceptors (Lipinski definition) is 4. The first-order valence-electron chi connectivity index (χ1n) is 39.4. The zero-order valence-electron chi connectivity index (χ0n) is 65.2. The predicted molar refractivity (Wildman–Crippen MR) is 489 cm³/mol. The second-order valence-corrected chi connectivity index (χ2v) is 33.2. The highest BCUT2D eigenvalue weighted by atomic mass is 79.9. The lowest BCUT2D eigenvalue weighted by atomic mass is 9.65. The number of nitrogens with one attached hydrogen (secondary N) is 1. The molecule has 16 aromatic rings. The molecule has 0 fully saturated rings. The lowest BCUT2D eigenvalue weighted by Crippen LogP contribution is -2.38. The van der Waals surface area contributed by atoms with Crippen molar-refractivity contribution in [1.82, 2.24) is 0 Å². The molecule has 556 valence electrons. The molecule has 4 heterocycles. The molecule has 0 aliphatic carbocycles. The molecule has 0 amide bonds. The lowest BCUT2D eigenvalue weighted by Gasteiger charge is -2.49. The Morgan fingerprint density at radius 2 is 0.421 bits per heavy atom. The molecule has 0 saturated carbocycles. The molecule has 0 atom stereocenters. The molecule has 16 aromatic carbocycles. The maximum Gasteiger partial charge on any atom is 0.0544 e. The van der Waals surface area contributed by atoms with Crippen LogP contribution in [0.1, 0.15) is 107 Å². The predicted octanol–water partition coefficient (Wildman–Crippen LogP) is 31.2. The Bertz CT molecular complexity index is 5830. The van der Waals surface area contributed by atoms with Crippen molar-refractivity contribution in [2.45, 2.75) is 84.5 Å². The molecule has 1 N–H and O–H groups in total. The summed E-state index contributed by atoms with van der Waals surface area (Å²) in [6, 6.07) is 140. The standard InChI is InChI=1S/C54H44N2.C30H26BrN.C24H19N.CH4/c1-53(2)46-19-11-13-21-50(46)56-51-22-14-12-20-47(51)54(3,4)49-36-42(35-48(53)52(49)56)41-27-33-45(34-28-41)55(43-29-23-39(24-30-43)37-15-7-5-8-16-37)44-31-25-40(26-32-44)38-17-9-6-10-18-38;1-29(2)22-9-5-7-11-26(22)32-27-12-8-6-10-23(27)30(3,4)25-18-20(17-24(29)28(25)32)19-13-15-21(31)16-14-19;1-3-7-19(8-4-1)21-11-15-23(16-12-21)25-24-17-13-22(14-18-24)20-9-5-2-6-10-20;/h5-36H,1-4H3;5-18H,1-4H3;1-18,25H;1H4. The topological polar surface area (TPSA) is 21.8 Å². The Balaban J connectivity index is 0.000000136. The zero-order valence-corrected chi connectivity index (χ0v) is 66.8. The van der Waals surface area contributed by atoms with Crippen LogP contribution in [-0.2, 0) is 21.7 Å². The minimum atomic E-state index is -0.176. The average Bonchev–Trinajstić information content (AvgIpc) is 0.694. The van der Waals surface area contributed by atoms with Crippen molar-refractivity contribution in [2.75, 3.05) is 20.0 Å². The van der Waals surface area contributed by atoms with Crippen molar-refractivity contribution in [3.05, 3.63) is 437 Å². The van der Waals surface area contributed by atoms with Gasteiger partial charge in [0, 0.05) is 54.6 Å². The summed E-state index contributed by atoms with van der Waals surface area (Å²) in [7, 11) is 0. The van der Waals surface area contributed by atoms with Crippen LogP contribution in [0.4, 0.5) is 62.6 Å². The van der Waals surface area contributed by atoms with E-state index in [1.165, 1.54) is 145 Å². The van der Waals surface area contributed by atoms with Crippen molar-refractivity contribution in [2.24, 2.45) is 0 Å². The van der Waals surface area contributed by atoms with Crippen LogP contribution in [0.5, 0.6) is 0 Å². The fraction of sp³-hybridized carbons (Fsp3) is 0.119. The number of benzene rings is 16. The molecule has 4 aliphatic heterocycles. The van der Waals surface area contributed by atoms with Gasteiger partial charge in [-0.15, -0.1) is 0 Å². The SMILES string of the molecule is C.CC1(C)c2ccccc2N2c3ccccc3C(C)(C)c3cc(-c4ccc(Br)cc4)cc1c32.CC1(C)c2ccccc2N2c3ccccc3C(C)(C)c3cc(-c4ccc(N(c5ccc(-c6ccccc6)cc5)c5ccc(-c6ccccc6)cc5)cc4)cc1c32.c1ccc(-c2ccc(Nc3ccc(-c4ccccc4)cc3)cc2)cc1. The van der Waals surface area contributed by atoms with E-state index in [1.807, 2.05) is 12.1 Å². The molecule has 4 aliphatic rings. The van der Waals surface area contributed by atoms with Crippen molar-refractivity contribution < 1.29 is 0 Å². The lowest BCUT2D eigenvalue weighted by molar-refractivity contribution is 0.597. The molecule has 20 rings (SSSR count). The van der Waals surface area contributed by atoms with Crippen LogP contribution in [0.3, 0.4) is 0 Å². The Hall–Kier alpha value is -12.8.